The lowest BCUT2D eigenvalue weighted by molar-refractivity contribution is 0.351. The van der Waals surface area contributed by atoms with E-state index < -0.39 is 0 Å². The highest BCUT2D eigenvalue weighted by atomic mass is 19.1. The lowest BCUT2D eigenvalue weighted by Crippen LogP contribution is -2.05. The molecule has 5 heteroatoms. The third kappa shape index (κ3) is 2.92. The number of benzene rings is 1. The molecule has 2 aromatic rings. The van der Waals surface area contributed by atoms with Crippen LogP contribution in [0.4, 0.5) is 4.39 Å². The Bertz CT molecular complexity index is 512. The number of hydrogen-bond acceptors (Lipinski definition) is 4. The lowest BCUT2D eigenvalue weighted by Gasteiger charge is -2.01. The van der Waals surface area contributed by atoms with Gasteiger partial charge in [0.1, 0.15) is 5.82 Å². The summed E-state index contributed by atoms with van der Waals surface area (Å²) in [7, 11) is 0. The van der Waals surface area contributed by atoms with Crippen LogP contribution >= 0.6 is 0 Å². The molecule has 0 radical (unpaired) electrons. The molecular formula is C13H16FN3O. The fourth-order valence-corrected chi connectivity index (χ4v) is 1.73. The van der Waals surface area contributed by atoms with Crippen LogP contribution in [0.25, 0.3) is 0 Å². The molecule has 1 aromatic carbocycles. The number of halogens is 1. The Morgan fingerprint density at radius 2 is 2.17 bits per heavy atom. The number of nitrogens with two attached hydrogens (primary N) is 1. The molecule has 0 aliphatic heterocycles. The molecule has 0 fully saturated rings. The SMILES string of the molecule is CC(CCN)c1nc(Cc2ccccc2F)no1. The van der Waals surface area contributed by atoms with Gasteiger partial charge in [-0.3, -0.25) is 0 Å². The van der Waals surface area contributed by atoms with E-state index in [-0.39, 0.29) is 11.7 Å². The average molecular weight is 249 g/mol. The van der Waals surface area contributed by atoms with Gasteiger partial charge in [0.05, 0.1) is 0 Å². The molecule has 1 heterocycles. The summed E-state index contributed by atoms with van der Waals surface area (Å²) >= 11 is 0. The van der Waals surface area contributed by atoms with Crippen LogP contribution in [0.5, 0.6) is 0 Å². The minimum Gasteiger partial charge on any atom is -0.339 e. The summed E-state index contributed by atoms with van der Waals surface area (Å²) in [6, 6.07) is 6.59. The first-order valence-corrected chi connectivity index (χ1v) is 5.96. The van der Waals surface area contributed by atoms with Crippen LogP contribution in [0.15, 0.2) is 28.8 Å². The van der Waals surface area contributed by atoms with Crippen LogP contribution in [-0.2, 0) is 6.42 Å². The predicted molar refractivity (Wildman–Crippen MR) is 65.6 cm³/mol. The first kappa shape index (κ1) is 12.7. The Balaban J connectivity index is 2.09. The van der Waals surface area contributed by atoms with Gasteiger partial charge in [-0.25, -0.2) is 4.39 Å². The average Bonchev–Trinajstić information content (AvgIpc) is 2.81. The van der Waals surface area contributed by atoms with Crippen LogP contribution in [0.2, 0.25) is 0 Å². The zero-order chi connectivity index (χ0) is 13.0. The Kier molecular flexibility index (Phi) is 4.04. The zero-order valence-electron chi connectivity index (χ0n) is 10.3. The molecule has 0 aliphatic carbocycles. The molecule has 0 spiro atoms. The first-order chi connectivity index (χ1) is 8.70. The van der Waals surface area contributed by atoms with E-state index in [9.17, 15) is 4.39 Å². The third-order valence-corrected chi connectivity index (χ3v) is 2.81. The van der Waals surface area contributed by atoms with Crippen molar-refractivity contribution in [2.24, 2.45) is 5.73 Å². The normalized spacial score (nSPS) is 12.6. The molecule has 0 saturated heterocycles. The maximum absolute atomic E-state index is 13.5. The van der Waals surface area contributed by atoms with Crippen LogP contribution in [0, 0.1) is 5.82 Å². The van der Waals surface area contributed by atoms with Gasteiger partial charge < -0.3 is 10.3 Å². The second-order valence-electron chi connectivity index (χ2n) is 4.30. The van der Waals surface area contributed by atoms with E-state index in [0.29, 0.717) is 30.2 Å². The Hall–Kier alpha value is -1.75. The molecule has 18 heavy (non-hydrogen) atoms. The van der Waals surface area contributed by atoms with Gasteiger partial charge >= 0.3 is 0 Å². The van der Waals surface area contributed by atoms with Crippen LogP contribution < -0.4 is 5.73 Å². The fourth-order valence-electron chi connectivity index (χ4n) is 1.73. The van der Waals surface area contributed by atoms with E-state index in [1.165, 1.54) is 6.07 Å². The van der Waals surface area contributed by atoms with E-state index >= 15 is 0 Å². The summed E-state index contributed by atoms with van der Waals surface area (Å²) in [5.74, 6) is 0.946. The van der Waals surface area contributed by atoms with Crippen molar-refractivity contribution in [3.05, 3.63) is 47.4 Å². The van der Waals surface area contributed by atoms with Crippen molar-refractivity contribution in [2.75, 3.05) is 6.54 Å². The minimum absolute atomic E-state index is 0.136. The second kappa shape index (κ2) is 5.73. The Morgan fingerprint density at radius 1 is 1.39 bits per heavy atom. The third-order valence-electron chi connectivity index (χ3n) is 2.81. The van der Waals surface area contributed by atoms with Crippen LogP contribution in [-0.4, -0.2) is 16.7 Å². The van der Waals surface area contributed by atoms with Crippen LogP contribution in [0.1, 0.15) is 36.5 Å². The molecule has 0 saturated carbocycles. The largest absolute Gasteiger partial charge is 0.339 e. The molecular weight excluding hydrogens is 233 g/mol. The highest BCUT2D eigenvalue weighted by Gasteiger charge is 2.14. The zero-order valence-corrected chi connectivity index (χ0v) is 10.3. The molecule has 96 valence electrons. The van der Waals surface area contributed by atoms with Gasteiger partial charge in [-0.1, -0.05) is 30.3 Å². The summed E-state index contributed by atoms with van der Waals surface area (Å²) in [5.41, 5.74) is 6.04. The molecule has 0 aliphatic rings. The lowest BCUT2D eigenvalue weighted by atomic mass is 10.1. The Morgan fingerprint density at radius 3 is 2.89 bits per heavy atom. The van der Waals surface area contributed by atoms with Crippen molar-refractivity contribution >= 4 is 0 Å². The van der Waals surface area contributed by atoms with E-state index in [0.717, 1.165) is 6.42 Å². The molecule has 4 nitrogen and oxygen atoms in total. The highest BCUT2D eigenvalue weighted by Crippen LogP contribution is 2.17. The smallest absolute Gasteiger partial charge is 0.229 e. The molecule has 2 rings (SSSR count). The summed E-state index contributed by atoms with van der Waals surface area (Å²) in [6.45, 7) is 2.56. The van der Waals surface area contributed by atoms with E-state index in [2.05, 4.69) is 10.1 Å². The van der Waals surface area contributed by atoms with Crippen molar-refractivity contribution in [1.29, 1.82) is 0 Å². The van der Waals surface area contributed by atoms with Gasteiger partial charge in [-0.05, 0) is 24.6 Å². The number of hydrogen-bond donors (Lipinski definition) is 1. The summed E-state index contributed by atoms with van der Waals surface area (Å²) < 4.78 is 18.6. The van der Waals surface area contributed by atoms with Crippen molar-refractivity contribution in [3.63, 3.8) is 0 Å². The van der Waals surface area contributed by atoms with Crippen molar-refractivity contribution < 1.29 is 8.91 Å². The van der Waals surface area contributed by atoms with Gasteiger partial charge in [0, 0.05) is 12.3 Å². The monoisotopic (exact) mass is 249 g/mol. The molecule has 1 aromatic heterocycles. The molecule has 0 bridgehead atoms. The highest BCUT2D eigenvalue weighted by molar-refractivity contribution is 5.20. The number of aromatic nitrogens is 2. The van der Waals surface area contributed by atoms with E-state index in [4.69, 9.17) is 10.3 Å². The second-order valence-corrected chi connectivity index (χ2v) is 4.30. The van der Waals surface area contributed by atoms with Gasteiger partial charge in [0.15, 0.2) is 5.82 Å². The molecule has 1 unspecified atom stereocenters. The molecule has 2 N–H and O–H groups in total. The van der Waals surface area contributed by atoms with Gasteiger partial charge in [-0.15, -0.1) is 0 Å². The van der Waals surface area contributed by atoms with Crippen molar-refractivity contribution in [1.82, 2.24) is 10.1 Å². The van der Waals surface area contributed by atoms with Gasteiger partial charge in [0.25, 0.3) is 0 Å². The van der Waals surface area contributed by atoms with Gasteiger partial charge in [-0.2, -0.15) is 4.98 Å². The van der Waals surface area contributed by atoms with Gasteiger partial charge in [0.2, 0.25) is 5.89 Å². The number of nitrogens with zero attached hydrogens (tertiary/aromatic N) is 2. The van der Waals surface area contributed by atoms with Crippen LogP contribution in [0.3, 0.4) is 0 Å². The molecule has 0 amide bonds. The maximum atomic E-state index is 13.5. The summed E-state index contributed by atoms with van der Waals surface area (Å²) in [4.78, 5) is 4.27. The van der Waals surface area contributed by atoms with E-state index in [1.807, 2.05) is 6.92 Å². The minimum atomic E-state index is -0.251. The standard InChI is InChI=1S/C13H16FN3O/c1-9(6-7-15)13-16-12(17-18-13)8-10-4-2-3-5-11(10)14/h2-5,9H,6-8,15H2,1H3. The Labute approximate surface area is 105 Å². The topological polar surface area (TPSA) is 64.9 Å². The predicted octanol–water partition coefficient (Wildman–Crippen LogP) is 2.25. The first-order valence-electron chi connectivity index (χ1n) is 5.96. The quantitative estimate of drug-likeness (QED) is 0.882. The molecule has 1 atom stereocenters. The summed E-state index contributed by atoms with van der Waals surface area (Å²) in [6.07, 6.45) is 1.13. The fraction of sp³-hybridized carbons (Fsp3) is 0.385. The van der Waals surface area contributed by atoms with Crippen molar-refractivity contribution in [2.45, 2.75) is 25.7 Å². The number of rotatable bonds is 5. The maximum Gasteiger partial charge on any atom is 0.229 e. The van der Waals surface area contributed by atoms with Crippen molar-refractivity contribution in [3.8, 4) is 0 Å². The summed E-state index contributed by atoms with van der Waals surface area (Å²) in [5, 5.41) is 3.86. The van der Waals surface area contributed by atoms with E-state index in [1.54, 1.807) is 18.2 Å².